The van der Waals surface area contributed by atoms with Gasteiger partial charge in [-0.3, -0.25) is 9.59 Å². The molecule has 0 fully saturated rings. The van der Waals surface area contributed by atoms with Crippen molar-refractivity contribution in [2.45, 2.75) is 40.2 Å². The van der Waals surface area contributed by atoms with Crippen LogP contribution in [0.5, 0.6) is 0 Å². The number of hydrogen-bond donors (Lipinski definition) is 0. The van der Waals surface area contributed by atoms with Gasteiger partial charge in [0.2, 0.25) is 5.78 Å². The molecule has 6 nitrogen and oxygen atoms in total. The van der Waals surface area contributed by atoms with Crippen molar-refractivity contribution in [1.82, 2.24) is 4.57 Å². The summed E-state index contributed by atoms with van der Waals surface area (Å²) in [6.45, 7) is 6.00. The summed E-state index contributed by atoms with van der Waals surface area (Å²) in [4.78, 5) is 35.7. The van der Waals surface area contributed by atoms with Gasteiger partial charge in [-0.25, -0.2) is 4.79 Å². The number of aromatic nitrogens is 1. The Bertz CT molecular complexity index is 923. The summed E-state index contributed by atoms with van der Waals surface area (Å²) in [5, 5.41) is 0. The van der Waals surface area contributed by atoms with Gasteiger partial charge < -0.3 is 14.0 Å². The average molecular weight is 397 g/mol. The van der Waals surface area contributed by atoms with Crippen LogP contribution < -0.4 is 0 Å². The summed E-state index contributed by atoms with van der Waals surface area (Å²) in [5.74, 6) is -1.07. The highest BCUT2D eigenvalue weighted by atomic mass is 16.5. The molecule has 2 rings (SSSR count). The zero-order valence-electron chi connectivity index (χ0n) is 17.4. The van der Waals surface area contributed by atoms with Crippen LogP contribution in [0.25, 0.3) is 6.08 Å². The van der Waals surface area contributed by atoms with Crippen molar-refractivity contribution in [1.29, 1.82) is 0 Å². The van der Waals surface area contributed by atoms with Gasteiger partial charge in [-0.2, -0.15) is 0 Å². The Hall–Kier alpha value is -3.15. The van der Waals surface area contributed by atoms with E-state index in [2.05, 4.69) is 4.74 Å². The van der Waals surface area contributed by atoms with Crippen molar-refractivity contribution in [3.63, 3.8) is 0 Å². The number of nitrogens with zero attached hydrogens (tertiary/aromatic N) is 1. The molecule has 0 atom stereocenters. The molecule has 0 aliphatic heterocycles. The number of aryl methyl sites for hydroxylation is 2. The van der Waals surface area contributed by atoms with Crippen molar-refractivity contribution >= 4 is 23.8 Å². The number of methoxy groups -OCH3 is 1. The zero-order chi connectivity index (χ0) is 21.4. The molecule has 0 spiro atoms. The van der Waals surface area contributed by atoms with Gasteiger partial charge in [-0.1, -0.05) is 24.3 Å². The van der Waals surface area contributed by atoms with Crippen LogP contribution in [0.4, 0.5) is 0 Å². The Labute approximate surface area is 171 Å². The molecule has 0 aliphatic rings. The third kappa shape index (κ3) is 6.17. The summed E-state index contributed by atoms with van der Waals surface area (Å²) < 4.78 is 11.7. The highest BCUT2D eigenvalue weighted by molar-refractivity contribution is 6.00. The Balaban J connectivity index is 1.93. The van der Waals surface area contributed by atoms with E-state index in [9.17, 15) is 14.4 Å². The van der Waals surface area contributed by atoms with Gasteiger partial charge in [-0.05, 0) is 50.5 Å². The molecular formula is C23H27NO5. The molecule has 1 aromatic carbocycles. The molecule has 0 saturated heterocycles. The van der Waals surface area contributed by atoms with Crippen LogP contribution in [0, 0.1) is 20.8 Å². The maximum atomic E-state index is 12.5. The van der Waals surface area contributed by atoms with Gasteiger partial charge in [0.1, 0.15) is 0 Å². The van der Waals surface area contributed by atoms with E-state index in [-0.39, 0.29) is 18.4 Å². The fourth-order valence-corrected chi connectivity index (χ4v) is 3.11. The van der Waals surface area contributed by atoms with Crippen molar-refractivity contribution < 1.29 is 23.9 Å². The van der Waals surface area contributed by atoms with Gasteiger partial charge in [0, 0.05) is 36.0 Å². The molecule has 154 valence electrons. The van der Waals surface area contributed by atoms with Gasteiger partial charge in [-0.15, -0.1) is 0 Å². The zero-order valence-corrected chi connectivity index (χ0v) is 17.4. The molecule has 1 aromatic heterocycles. The van der Waals surface area contributed by atoms with E-state index in [1.165, 1.54) is 13.2 Å². The number of benzene rings is 1. The lowest BCUT2D eigenvalue weighted by Gasteiger charge is -2.09. The predicted octanol–water partition coefficient (Wildman–Crippen LogP) is 3.81. The van der Waals surface area contributed by atoms with Crippen LogP contribution in [-0.4, -0.2) is 36.0 Å². The molecule has 0 bridgehead atoms. The highest BCUT2D eigenvalue weighted by Crippen LogP contribution is 2.17. The number of Topliss-reactive ketones (excluding diaryl/α,β-unsaturated/α-hetero) is 1. The first kappa shape index (κ1) is 22.1. The molecule has 0 aliphatic carbocycles. The van der Waals surface area contributed by atoms with E-state index >= 15 is 0 Å². The number of esters is 2. The number of carbonyl (C=O) groups excluding carboxylic acids is 3. The molecule has 6 heteroatoms. The van der Waals surface area contributed by atoms with Crippen LogP contribution in [0.1, 0.15) is 45.7 Å². The molecular weight excluding hydrogens is 370 g/mol. The molecule has 0 amide bonds. The predicted molar refractivity (Wildman–Crippen MR) is 111 cm³/mol. The minimum Gasteiger partial charge on any atom is -0.469 e. The number of rotatable bonds is 9. The summed E-state index contributed by atoms with van der Waals surface area (Å²) >= 11 is 0. The number of ketones is 1. The molecule has 0 N–H and O–H groups in total. The number of hydrogen-bond acceptors (Lipinski definition) is 5. The van der Waals surface area contributed by atoms with E-state index < -0.39 is 5.97 Å². The van der Waals surface area contributed by atoms with Crippen LogP contribution >= 0.6 is 0 Å². The SMILES string of the molecule is COC(=O)CCCn1c(C)cc(C(=O)COC(=O)/C=C/c2ccccc2C)c1C. The number of carbonyl (C=O) groups is 3. The first-order valence-electron chi connectivity index (χ1n) is 9.50. The van der Waals surface area contributed by atoms with E-state index in [1.54, 1.807) is 12.1 Å². The molecule has 0 radical (unpaired) electrons. The average Bonchev–Trinajstić information content (AvgIpc) is 2.99. The van der Waals surface area contributed by atoms with Gasteiger partial charge in [0.05, 0.1) is 7.11 Å². The topological polar surface area (TPSA) is 74.6 Å². The maximum Gasteiger partial charge on any atom is 0.331 e. The lowest BCUT2D eigenvalue weighted by atomic mass is 10.1. The lowest BCUT2D eigenvalue weighted by molar-refractivity contribution is -0.140. The Morgan fingerprint density at radius 1 is 1.10 bits per heavy atom. The molecule has 2 aromatic rings. The van der Waals surface area contributed by atoms with Crippen molar-refractivity contribution in [3.8, 4) is 0 Å². The van der Waals surface area contributed by atoms with Crippen molar-refractivity contribution in [3.05, 3.63) is 64.5 Å². The van der Waals surface area contributed by atoms with Crippen LogP contribution in [-0.2, 0) is 25.6 Å². The van der Waals surface area contributed by atoms with E-state index in [0.717, 1.165) is 22.5 Å². The summed E-state index contributed by atoms with van der Waals surface area (Å²) in [5.41, 5.74) is 4.21. The lowest BCUT2D eigenvalue weighted by Crippen LogP contribution is -2.14. The number of ether oxygens (including phenoxy) is 2. The summed E-state index contributed by atoms with van der Waals surface area (Å²) in [7, 11) is 1.36. The standard InChI is InChI=1S/C23H27NO5/c1-16-8-5-6-9-19(16)11-12-23(27)29-15-21(25)20-14-17(2)24(18(20)3)13-7-10-22(26)28-4/h5-6,8-9,11-12,14H,7,10,13,15H2,1-4H3/b12-11+. The quantitative estimate of drug-likeness (QED) is 0.365. The second-order valence-electron chi connectivity index (χ2n) is 6.84. The van der Waals surface area contributed by atoms with E-state index in [0.29, 0.717) is 24.9 Å². The molecule has 1 heterocycles. The smallest absolute Gasteiger partial charge is 0.331 e. The van der Waals surface area contributed by atoms with E-state index in [1.807, 2.05) is 49.6 Å². The largest absolute Gasteiger partial charge is 0.469 e. The highest BCUT2D eigenvalue weighted by Gasteiger charge is 2.17. The van der Waals surface area contributed by atoms with Gasteiger partial charge >= 0.3 is 11.9 Å². The van der Waals surface area contributed by atoms with Gasteiger partial charge in [0.25, 0.3) is 0 Å². The Morgan fingerprint density at radius 3 is 2.52 bits per heavy atom. The third-order valence-corrected chi connectivity index (χ3v) is 4.80. The fourth-order valence-electron chi connectivity index (χ4n) is 3.11. The molecule has 29 heavy (non-hydrogen) atoms. The van der Waals surface area contributed by atoms with Gasteiger partial charge in [0.15, 0.2) is 6.61 Å². The van der Waals surface area contributed by atoms with Crippen molar-refractivity contribution in [2.75, 3.05) is 13.7 Å². The third-order valence-electron chi connectivity index (χ3n) is 4.80. The van der Waals surface area contributed by atoms with Crippen LogP contribution in [0.15, 0.2) is 36.4 Å². The summed E-state index contributed by atoms with van der Waals surface area (Å²) in [6, 6.07) is 9.46. The second kappa shape index (κ2) is 10.4. The first-order chi connectivity index (χ1) is 13.8. The summed E-state index contributed by atoms with van der Waals surface area (Å²) in [6.07, 6.45) is 3.94. The monoisotopic (exact) mass is 397 g/mol. The minimum absolute atomic E-state index is 0.255. The van der Waals surface area contributed by atoms with Crippen LogP contribution in [0.2, 0.25) is 0 Å². The van der Waals surface area contributed by atoms with Crippen molar-refractivity contribution in [2.24, 2.45) is 0 Å². The Morgan fingerprint density at radius 2 is 1.83 bits per heavy atom. The fraction of sp³-hybridized carbons (Fsp3) is 0.348. The normalized spacial score (nSPS) is 10.9. The maximum absolute atomic E-state index is 12.5. The Kier molecular flexibility index (Phi) is 7.95. The molecule has 0 unspecified atom stereocenters. The first-order valence-corrected chi connectivity index (χ1v) is 9.50. The minimum atomic E-state index is -0.562. The van der Waals surface area contributed by atoms with E-state index in [4.69, 9.17) is 4.74 Å². The second-order valence-corrected chi connectivity index (χ2v) is 6.84. The molecule has 0 saturated carbocycles. The van der Waals surface area contributed by atoms with Crippen LogP contribution in [0.3, 0.4) is 0 Å².